The lowest BCUT2D eigenvalue weighted by Gasteiger charge is -2.22. The van der Waals surface area contributed by atoms with E-state index >= 15 is 0 Å². The zero-order valence-electron chi connectivity index (χ0n) is 12.9. The third kappa shape index (κ3) is 2.94. The molecule has 1 atom stereocenters. The first-order chi connectivity index (χ1) is 11.7. The fourth-order valence-corrected chi connectivity index (χ4v) is 4.18. The van der Waals surface area contributed by atoms with Crippen LogP contribution in [0.1, 0.15) is 23.8 Å². The molecule has 3 heterocycles. The second-order valence-electron chi connectivity index (χ2n) is 5.78. The molecule has 0 bridgehead atoms. The molecule has 1 aliphatic heterocycles. The molecule has 124 valence electrons. The monoisotopic (exact) mass is 361 g/mol. The molecule has 1 aliphatic rings. The Labute approximate surface area is 148 Å². The second-order valence-corrected chi connectivity index (χ2v) is 7.11. The number of likely N-dealkylation sites (tertiary alicyclic amines) is 1. The highest BCUT2D eigenvalue weighted by Gasteiger charge is 2.27. The van der Waals surface area contributed by atoms with Gasteiger partial charge in [-0.3, -0.25) is 4.90 Å². The largest absolute Gasteiger partial charge is 0.409 e. The lowest BCUT2D eigenvalue weighted by atomic mass is 10.2. The van der Waals surface area contributed by atoms with Gasteiger partial charge >= 0.3 is 0 Å². The fourth-order valence-electron chi connectivity index (χ4n) is 3.11. The Bertz CT molecular complexity index is 887. The van der Waals surface area contributed by atoms with Crippen LogP contribution >= 0.6 is 23.6 Å². The van der Waals surface area contributed by atoms with Crippen molar-refractivity contribution >= 4 is 23.6 Å². The van der Waals surface area contributed by atoms with Crippen LogP contribution in [0.15, 0.2) is 46.2 Å². The standard InChI is InChI=1S/C17H16FN3OS2/c18-13-6-2-1-5-12(13)16-19-21(17(23)22-16)11-20-9-3-7-14(20)15-8-4-10-24-15/h1-2,4-6,8,10,14H,3,7,9,11H2/t14-/m1/s1. The number of halogens is 1. The molecule has 24 heavy (non-hydrogen) atoms. The number of hydrogen-bond acceptors (Lipinski definition) is 5. The molecule has 2 aromatic heterocycles. The van der Waals surface area contributed by atoms with Crippen molar-refractivity contribution in [3.8, 4) is 11.5 Å². The van der Waals surface area contributed by atoms with Crippen molar-refractivity contribution in [2.75, 3.05) is 6.54 Å². The maximum atomic E-state index is 13.9. The smallest absolute Gasteiger partial charge is 0.288 e. The maximum absolute atomic E-state index is 13.9. The van der Waals surface area contributed by atoms with Crippen molar-refractivity contribution in [3.05, 3.63) is 57.3 Å². The highest BCUT2D eigenvalue weighted by molar-refractivity contribution is 7.71. The van der Waals surface area contributed by atoms with Gasteiger partial charge in [-0.05, 0) is 48.6 Å². The summed E-state index contributed by atoms with van der Waals surface area (Å²) < 4.78 is 21.1. The Kier molecular flexibility index (Phi) is 4.30. The van der Waals surface area contributed by atoms with Crippen LogP contribution in [0, 0.1) is 10.7 Å². The molecule has 0 spiro atoms. The molecule has 1 saturated heterocycles. The topological polar surface area (TPSA) is 34.2 Å². The van der Waals surface area contributed by atoms with Gasteiger partial charge in [0.25, 0.3) is 4.84 Å². The van der Waals surface area contributed by atoms with Gasteiger partial charge in [0.05, 0.1) is 12.2 Å². The van der Waals surface area contributed by atoms with Crippen LogP contribution in [0.3, 0.4) is 0 Å². The van der Waals surface area contributed by atoms with Gasteiger partial charge < -0.3 is 4.42 Å². The summed E-state index contributed by atoms with van der Waals surface area (Å²) in [6.07, 6.45) is 2.28. The summed E-state index contributed by atoms with van der Waals surface area (Å²) in [7, 11) is 0. The van der Waals surface area contributed by atoms with Gasteiger partial charge in [-0.25, -0.2) is 9.07 Å². The molecule has 0 unspecified atom stereocenters. The zero-order chi connectivity index (χ0) is 16.5. The van der Waals surface area contributed by atoms with Crippen molar-refractivity contribution < 1.29 is 8.81 Å². The van der Waals surface area contributed by atoms with Crippen molar-refractivity contribution in [2.24, 2.45) is 0 Å². The first-order valence-corrected chi connectivity index (χ1v) is 9.11. The van der Waals surface area contributed by atoms with Crippen LogP contribution in [0.25, 0.3) is 11.5 Å². The molecule has 4 nitrogen and oxygen atoms in total. The minimum absolute atomic E-state index is 0.227. The Morgan fingerprint density at radius 2 is 2.17 bits per heavy atom. The van der Waals surface area contributed by atoms with E-state index in [0.717, 1.165) is 19.4 Å². The Morgan fingerprint density at radius 1 is 1.29 bits per heavy atom. The second kappa shape index (κ2) is 6.58. The third-order valence-corrected chi connectivity index (χ3v) is 5.53. The Hall–Kier alpha value is -1.83. The predicted octanol–water partition coefficient (Wildman–Crippen LogP) is 4.87. The molecule has 1 aromatic carbocycles. The Balaban J connectivity index is 1.59. The highest BCUT2D eigenvalue weighted by Crippen LogP contribution is 2.34. The van der Waals surface area contributed by atoms with Crippen LogP contribution in [-0.4, -0.2) is 21.2 Å². The summed E-state index contributed by atoms with van der Waals surface area (Å²) >= 11 is 7.05. The minimum atomic E-state index is -0.362. The van der Waals surface area contributed by atoms with Crippen molar-refractivity contribution in [1.82, 2.24) is 14.7 Å². The van der Waals surface area contributed by atoms with Gasteiger partial charge in [0.2, 0.25) is 5.89 Å². The average molecular weight is 361 g/mol. The lowest BCUT2D eigenvalue weighted by Crippen LogP contribution is -2.26. The quantitative estimate of drug-likeness (QED) is 0.621. The third-order valence-electron chi connectivity index (χ3n) is 4.26. The van der Waals surface area contributed by atoms with E-state index in [-0.39, 0.29) is 16.5 Å². The zero-order valence-corrected chi connectivity index (χ0v) is 14.5. The van der Waals surface area contributed by atoms with Crippen molar-refractivity contribution in [1.29, 1.82) is 0 Å². The molecule has 7 heteroatoms. The van der Waals surface area contributed by atoms with E-state index in [1.807, 2.05) is 0 Å². The minimum Gasteiger partial charge on any atom is -0.409 e. The van der Waals surface area contributed by atoms with E-state index in [1.165, 1.54) is 10.9 Å². The molecular weight excluding hydrogens is 345 g/mol. The van der Waals surface area contributed by atoms with Gasteiger partial charge in [0, 0.05) is 17.5 Å². The summed E-state index contributed by atoms with van der Waals surface area (Å²) in [6, 6.07) is 11.1. The average Bonchev–Trinajstić information content (AvgIpc) is 3.30. The number of nitrogens with zero attached hydrogens (tertiary/aromatic N) is 3. The van der Waals surface area contributed by atoms with Crippen LogP contribution in [0.5, 0.6) is 0 Å². The van der Waals surface area contributed by atoms with Gasteiger partial charge in [-0.15, -0.1) is 16.4 Å². The molecule has 0 aliphatic carbocycles. The maximum Gasteiger partial charge on any atom is 0.288 e. The van der Waals surface area contributed by atoms with Gasteiger partial charge in [-0.2, -0.15) is 0 Å². The Morgan fingerprint density at radius 3 is 2.96 bits per heavy atom. The molecule has 0 saturated carbocycles. The molecule has 4 rings (SSSR count). The lowest BCUT2D eigenvalue weighted by molar-refractivity contribution is 0.190. The van der Waals surface area contributed by atoms with Gasteiger partial charge in [0.15, 0.2) is 0 Å². The highest BCUT2D eigenvalue weighted by atomic mass is 32.1. The molecular formula is C17H16FN3OS2. The first-order valence-electron chi connectivity index (χ1n) is 7.82. The fraction of sp³-hybridized carbons (Fsp3) is 0.294. The summed E-state index contributed by atoms with van der Waals surface area (Å²) in [6.45, 7) is 1.55. The predicted molar refractivity (Wildman–Crippen MR) is 93.7 cm³/mol. The van der Waals surface area contributed by atoms with E-state index in [1.54, 1.807) is 34.2 Å². The van der Waals surface area contributed by atoms with Gasteiger partial charge in [-0.1, -0.05) is 18.2 Å². The summed E-state index contributed by atoms with van der Waals surface area (Å²) in [5.74, 6) is -0.136. The van der Waals surface area contributed by atoms with Crippen LogP contribution in [0.4, 0.5) is 4.39 Å². The van der Waals surface area contributed by atoms with Gasteiger partial charge in [0.1, 0.15) is 5.82 Å². The number of aromatic nitrogens is 2. The normalized spacial score (nSPS) is 18.3. The van der Waals surface area contributed by atoms with Crippen molar-refractivity contribution in [3.63, 3.8) is 0 Å². The van der Waals surface area contributed by atoms with E-state index < -0.39 is 0 Å². The number of thiophene rings is 1. The first kappa shape index (κ1) is 15.7. The van der Waals surface area contributed by atoms with E-state index in [0.29, 0.717) is 18.3 Å². The molecule has 0 radical (unpaired) electrons. The number of hydrogen-bond donors (Lipinski definition) is 0. The van der Waals surface area contributed by atoms with Crippen LogP contribution < -0.4 is 0 Å². The molecule has 1 fully saturated rings. The summed E-state index contributed by atoms with van der Waals surface area (Å²) in [4.78, 5) is 3.97. The molecule has 0 amide bonds. The van der Waals surface area contributed by atoms with E-state index in [2.05, 4.69) is 27.5 Å². The molecule has 0 N–H and O–H groups in total. The van der Waals surface area contributed by atoms with E-state index in [9.17, 15) is 4.39 Å². The summed E-state index contributed by atoms with van der Waals surface area (Å²) in [5, 5.41) is 6.49. The van der Waals surface area contributed by atoms with Crippen LogP contribution in [-0.2, 0) is 6.67 Å². The SMILES string of the molecule is Fc1ccccc1-c1nn(CN2CCC[C@@H]2c2cccs2)c(=S)o1. The van der Waals surface area contributed by atoms with E-state index in [4.69, 9.17) is 16.6 Å². The number of benzene rings is 1. The van der Waals surface area contributed by atoms with Crippen LogP contribution in [0.2, 0.25) is 0 Å². The van der Waals surface area contributed by atoms with Crippen molar-refractivity contribution in [2.45, 2.75) is 25.6 Å². The molecule has 3 aromatic rings. The number of rotatable bonds is 4. The summed E-state index contributed by atoms with van der Waals surface area (Å²) in [5.41, 5.74) is 0.332.